The van der Waals surface area contributed by atoms with E-state index in [4.69, 9.17) is 16.3 Å². The number of rotatable bonds is 3. The van der Waals surface area contributed by atoms with Crippen LogP contribution in [0.1, 0.15) is 18.4 Å². The number of aryl methyl sites for hydroxylation is 1. The molecule has 3 aromatic rings. The van der Waals surface area contributed by atoms with E-state index in [2.05, 4.69) is 15.3 Å². The van der Waals surface area contributed by atoms with Gasteiger partial charge in [0.25, 0.3) is 0 Å². The Balaban J connectivity index is 1.83. The summed E-state index contributed by atoms with van der Waals surface area (Å²) in [7, 11) is 0. The molecule has 4 nitrogen and oxygen atoms in total. The molecule has 0 radical (unpaired) electrons. The van der Waals surface area contributed by atoms with Crippen LogP contribution in [0, 0.1) is 6.92 Å². The number of nitrogens with one attached hydrogen (secondary N) is 1. The van der Waals surface area contributed by atoms with Crippen LogP contribution in [0.4, 0.5) is 0 Å². The van der Waals surface area contributed by atoms with Gasteiger partial charge in [0.15, 0.2) is 0 Å². The number of piperidine rings is 1. The molecule has 1 fully saturated rings. The molecule has 0 bridgehead atoms. The van der Waals surface area contributed by atoms with Crippen LogP contribution in [-0.2, 0) is 0 Å². The van der Waals surface area contributed by atoms with Gasteiger partial charge in [-0.2, -0.15) is 0 Å². The van der Waals surface area contributed by atoms with Crippen LogP contribution in [0.15, 0.2) is 29.9 Å². The van der Waals surface area contributed by atoms with Crippen LogP contribution in [0.3, 0.4) is 0 Å². The van der Waals surface area contributed by atoms with E-state index in [1.54, 1.807) is 17.7 Å². The highest BCUT2D eigenvalue weighted by atomic mass is 35.5. The number of aromatic nitrogens is 2. The number of hydrogen-bond donors (Lipinski definition) is 1. The highest BCUT2D eigenvalue weighted by molar-refractivity contribution is 7.17. The van der Waals surface area contributed by atoms with Crippen LogP contribution in [-0.4, -0.2) is 29.2 Å². The average Bonchev–Trinajstić information content (AvgIpc) is 3.07. The molecule has 2 aromatic heterocycles. The first-order valence-corrected chi connectivity index (χ1v) is 9.34. The summed E-state index contributed by atoms with van der Waals surface area (Å²) in [5.74, 6) is 0.876. The molecule has 4 rings (SSSR count). The predicted molar refractivity (Wildman–Crippen MR) is 99.1 cm³/mol. The molecule has 1 aromatic carbocycles. The van der Waals surface area contributed by atoms with Gasteiger partial charge < -0.3 is 10.1 Å². The van der Waals surface area contributed by atoms with Gasteiger partial charge in [0.1, 0.15) is 18.2 Å². The van der Waals surface area contributed by atoms with Crippen molar-refractivity contribution < 1.29 is 4.74 Å². The second-order valence-corrected chi connectivity index (χ2v) is 7.40. The minimum atomic E-state index is 0.179. The lowest BCUT2D eigenvalue weighted by Crippen LogP contribution is -2.37. The highest BCUT2D eigenvalue weighted by Crippen LogP contribution is 2.39. The van der Waals surface area contributed by atoms with Crippen molar-refractivity contribution in [3.05, 3.63) is 40.5 Å². The summed E-state index contributed by atoms with van der Waals surface area (Å²) < 4.78 is 7.44. The van der Waals surface area contributed by atoms with Crippen LogP contribution in [0.2, 0.25) is 5.02 Å². The minimum Gasteiger partial charge on any atom is -0.488 e. The van der Waals surface area contributed by atoms with Crippen molar-refractivity contribution in [2.45, 2.75) is 25.9 Å². The van der Waals surface area contributed by atoms with E-state index < -0.39 is 0 Å². The molecule has 3 heterocycles. The number of hydrogen-bond acceptors (Lipinski definition) is 5. The van der Waals surface area contributed by atoms with Gasteiger partial charge in [-0.05, 0) is 55.5 Å². The zero-order valence-electron chi connectivity index (χ0n) is 13.4. The molecule has 0 unspecified atom stereocenters. The molecule has 124 valence electrons. The average molecular weight is 360 g/mol. The third-order valence-electron chi connectivity index (χ3n) is 4.27. The Bertz CT molecular complexity index is 874. The minimum absolute atomic E-state index is 0.179. The summed E-state index contributed by atoms with van der Waals surface area (Å²) >= 11 is 7.97. The summed E-state index contributed by atoms with van der Waals surface area (Å²) in [4.78, 5) is 8.86. The van der Waals surface area contributed by atoms with E-state index in [-0.39, 0.29) is 6.10 Å². The van der Waals surface area contributed by atoms with Crippen molar-refractivity contribution in [2.75, 3.05) is 13.1 Å². The molecule has 1 aliphatic heterocycles. The number of fused-ring (bicyclic) bond motifs is 1. The van der Waals surface area contributed by atoms with Gasteiger partial charge in [-0.3, -0.25) is 0 Å². The third-order valence-corrected chi connectivity index (χ3v) is 5.40. The number of ether oxygens (including phenoxy) is 1. The summed E-state index contributed by atoms with van der Waals surface area (Å²) in [5.41, 5.74) is 3.82. The van der Waals surface area contributed by atoms with Crippen molar-refractivity contribution in [1.29, 1.82) is 0 Å². The number of halogens is 1. The summed E-state index contributed by atoms with van der Waals surface area (Å²) in [6.45, 7) is 3.97. The molecule has 24 heavy (non-hydrogen) atoms. The van der Waals surface area contributed by atoms with E-state index in [0.29, 0.717) is 5.02 Å². The van der Waals surface area contributed by atoms with E-state index >= 15 is 0 Å². The predicted octanol–water partition coefficient (Wildman–Crippen LogP) is 4.45. The van der Waals surface area contributed by atoms with Gasteiger partial charge in [-0.1, -0.05) is 11.6 Å². The van der Waals surface area contributed by atoms with Crippen molar-refractivity contribution in [3.8, 4) is 17.0 Å². The van der Waals surface area contributed by atoms with Gasteiger partial charge in [0.2, 0.25) is 0 Å². The monoisotopic (exact) mass is 359 g/mol. The van der Waals surface area contributed by atoms with Crippen LogP contribution >= 0.6 is 22.9 Å². The van der Waals surface area contributed by atoms with Crippen LogP contribution in [0.25, 0.3) is 21.5 Å². The van der Waals surface area contributed by atoms with Crippen molar-refractivity contribution in [2.24, 2.45) is 0 Å². The maximum atomic E-state index is 6.38. The first kappa shape index (κ1) is 15.8. The fraction of sp³-hybridized carbons (Fsp3) is 0.333. The Morgan fingerprint density at radius 1 is 1.33 bits per heavy atom. The standard InChI is InChI=1S/C18H18ClN3OS/c1-11-7-12(19)8-14(17(11)23-13-3-2-5-20-9-13)16-18-15(4-6-24-18)21-10-22-16/h4,6-8,10,13,20H,2-3,5,9H2,1H3/t13-/m0/s1. The highest BCUT2D eigenvalue weighted by Gasteiger charge is 2.21. The maximum absolute atomic E-state index is 6.38. The molecule has 0 amide bonds. The Hall–Kier alpha value is -1.69. The fourth-order valence-corrected chi connectivity index (χ4v) is 4.25. The molecule has 1 aliphatic rings. The Kier molecular flexibility index (Phi) is 4.39. The van der Waals surface area contributed by atoms with Gasteiger partial charge in [-0.15, -0.1) is 11.3 Å². The first-order valence-electron chi connectivity index (χ1n) is 8.08. The second-order valence-electron chi connectivity index (χ2n) is 6.04. The van der Waals surface area contributed by atoms with Gasteiger partial charge >= 0.3 is 0 Å². The molecule has 0 saturated carbocycles. The van der Waals surface area contributed by atoms with E-state index in [0.717, 1.165) is 58.7 Å². The molecule has 0 spiro atoms. The van der Waals surface area contributed by atoms with Gasteiger partial charge in [0.05, 0.1) is 15.9 Å². The number of thiophene rings is 1. The molecule has 1 N–H and O–H groups in total. The van der Waals surface area contributed by atoms with Crippen molar-refractivity contribution >= 4 is 33.2 Å². The summed E-state index contributed by atoms with van der Waals surface area (Å²) in [6, 6.07) is 5.90. The molecule has 0 aliphatic carbocycles. The topological polar surface area (TPSA) is 47.0 Å². The smallest absolute Gasteiger partial charge is 0.132 e. The molecular formula is C18H18ClN3OS. The van der Waals surface area contributed by atoms with Crippen molar-refractivity contribution in [1.82, 2.24) is 15.3 Å². The maximum Gasteiger partial charge on any atom is 0.132 e. The summed E-state index contributed by atoms with van der Waals surface area (Å²) in [5, 5.41) is 6.12. The molecule has 1 saturated heterocycles. The summed E-state index contributed by atoms with van der Waals surface area (Å²) in [6.07, 6.45) is 3.98. The van der Waals surface area contributed by atoms with E-state index in [9.17, 15) is 0 Å². The SMILES string of the molecule is Cc1cc(Cl)cc(-c2ncnc3ccsc23)c1O[C@H]1CCCNC1. The van der Waals surface area contributed by atoms with Crippen LogP contribution in [0.5, 0.6) is 5.75 Å². The lowest BCUT2D eigenvalue weighted by molar-refractivity contribution is 0.167. The van der Waals surface area contributed by atoms with E-state index in [1.165, 1.54) is 0 Å². The van der Waals surface area contributed by atoms with Gasteiger partial charge in [0, 0.05) is 17.1 Å². The largest absolute Gasteiger partial charge is 0.488 e. The lowest BCUT2D eigenvalue weighted by atomic mass is 10.0. The van der Waals surface area contributed by atoms with E-state index in [1.807, 2.05) is 30.5 Å². The fourth-order valence-electron chi connectivity index (χ4n) is 3.13. The Labute approximate surface area is 149 Å². The second kappa shape index (κ2) is 6.67. The lowest BCUT2D eigenvalue weighted by Gasteiger charge is -2.26. The zero-order chi connectivity index (χ0) is 16.5. The molecular weight excluding hydrogens is 342 g/mol. The number of nitrogens with zero attached hydrogens (tertiary/aromatic N) is 2. The Morgan fingerprint density at radius 3 is 3.08 bits per heavy atom. The molecule has 1 atom stereocenters. The molecule has 6 heteroatoms. The quantitative estimate of drug-likeness (QED) is 0.750. The third kappa shape index (κ3) is 2.99. The van der Waals surface area contributed by atoms with Crippen molar-refractivity contribution in [3.63, 3.8) is 0 Å². The Morgan fingerprint density at radius 2 is 2.25 bits per heavy atom. The first-order chi connectivity index (χ1) is 11.7. The normalized spacial score (nSPS) is 18.0. The van der Waals surface area contributed by atoms with Gasteiger partial charge in [-0.25, -0.2) is 9.97 Å². The number of benzene rings is 1. The zero-order valence-corrected chi connectivity index (χ0v) is 15.0. The van der Waals surface area contributed by atoms with Crippen LogP contribution < -0.4 is 10.1 Å².